The SMILES string of the molecule is Cc1sc2c(c1C1(C=O)C=CCc3ccc(F)cc31)COCc1nnc(C)n1-2. The molecule has 2 aromatic heterocycles. The van der Waals surface area contributed by atoms with E-state index < -0.39 is 5.41 Å². The molecule has 5 rings (SSSR count). The van der Waals surface area contributed by atoms with Crippen molar-refractivity contribution in [3.63, 3.8) is 0 Å². The average Bonchev–Trinajstić information content (AvgIpc) is 3.15. The Kier molecular flexibility index (Phi) is 3.86. The second-order valence-electron chi connectivity index (χ2n) is 7.20. The van der Waals surface area contributed by atoms with Crippen LogP contribution in [0.2, 0.25) is 0 Å². The fourth-order valence-electron chi connectivity index (χ4n) is 4.39. The molecule has 0 saturated carbocycles. The summed E-state index contributed by atoms with van der Waals surface area (Å²) in [4.78, 5) is 13.6. The third-order valence-corrected chi connectivity index (χ3v) is 6.70. The van der Waals surface area contributed by atoms with Gasteiger partial charge in [-0.3, -0.25) is 4.57 Å². The van der Waals surface area contributed by atoms with Crippen LogP contribution in [0.5, 0.6) is 0 Å². The minimum atomic E-state index is -1.03. The molecule has 1 unspecified atom stereocenters. The Bertz CT molecular complexity index is 1150. The number of hydrogen-bond donors (Lipinski definition) is 0. The molecule has 2 aliphatic rings. The van der Waals surface area contributed by atoms with Crippen molar-refractivity contribution in [3.05, 3.63) is 74.9 Å². The number of hydrogen-bond acceptors (Lipinski definition) is 5. The largest absolute Gasteiger partial charge is 0.369 e. The highest BCUT2D eigenvalue weighted by Gasteiger charge is 2.41. The van der Waals surface area contributed by atoms with Crippen LogP contribution < -0.4 is 0 Å². The van der Waals surface area contributed by atoms with Gasteiger partial charge in [0.25, 0.3) is 0 Å². The van der Waals surface area contributed by atoms with Crippen molar-refractivity contribution >= 4 is 17.6 Å². The first-order valence-corrected chi connectivity index (χ1v) is 9.91. The van der Waals surface area contributed by atoms with Crippen LogP contribution in [0.25, 0.3) is 5.00 Å². The highest BCUT2D eigenvalue weighted by molar-refractivity contribution is 7.14. The van der Waals surface area contributed by atoms with Gasteiger partial charge in [0.2, 0.25) is 0 Å². The van der Waals surface area contributed by atoms with Crippen LogP contribution in [0, 0.1) is 19.7 Å². The number of benzene rings is 1. The van der Waals surface area contributed by atoms with Gasteiger partial charge in [-0.15, -0.1) is 21.5 Å². The van der Waals surface area contributed by atoms with Crippen molar-refractivity contribution in [1.29, 1.82) is 0 Å². The zero-order valence-corrected chi connectivity index (χ0v) is 16.3. The molecule has 3 heterocycles. The molecule has 0 radical (unpaired) electrons. The van der Waals surface area contributed by atoms with Crippen LogP contribution in [-0.2, 0) is 34.6 Å². The molecule has 7 heteroatoms. The number of aryl methyl sites for hydroxylation is 2. The van der Waals surface area contributed by atoms with Crippen molar-refractivity contribution in [2.75, 3.05) is 0 Å². The summed E-state index contributed by atoms with van der Waals surface area (Å²) in [5.74, 6) is 1.18. The summed E-state index contributed by atoms with van der Waals surface area (Å²) in [6.45, 7) is 4.63. The number of carbonyl (C=O) groups excluding carboxylic acids is 1. The second kappa shape index (κ2) is 6.18. The minimum Gasteiger partial charge on any atom is -0.369 e. The van der Waals surface area contributed by atoms with Crippen LogP contribution in [0.4, 0.5) is 4.39 Å². The predicted octanol–water partition coefficient (Wildman–Crippen LogP) is 3.71. The summed E-state index contributed by atoms with van der Waals surface area (Å²) in [5.41, 5.74) is 2.47. The lowest BCUT2D eigenvalue weighted by Gasteiger charge is -2.32. The van der Waals surface area contributed by atoms with E-state index in [0.717, 1.165) is 44.5 Å². The number of ether oxygens (including phenoxy) is 1. The first-order valence-electron chi connectivity index (χ1n) is 9.10. The van der Waals surface area contributed by atoms with Crippen LogP contribution in [0.15, 0.2) is 30.4 Å². The summed E-state index contributed by atoms with van der Waals surface area (Å²) in [7, 11) is 0. The van der Waals surface area contributed by atoms with Crippen molar-refractivity contribution in [2.24, 2.45) is 0 Å². The van der Waals surface area contributed by atoms with Gasteiger partial charge >= 0.3 is 0 Å². The zero-order valence-electron chi connectivity index (χ0n) is 15.5. The normalized spacial score (nSPS) is 20.2. The van der Waals surface area contributed by atoms with E-state index in [2.05, 4.69) is 10.2 Å². The number of fused-ring (bicyclic) bond motifs is 4. The van der Waals surface area contributed by atoms with Gasteiger partial charge in [-0.25, -0.2) is 4.39 Å². The van der Waals surface area contributed by atoms with Gasteiger partial charge in [-0.2, -0.15) is 0 Å². The number of nitrogens with zero attached hydrogens (tertiary/aromatic N) is 3. The zero-order chi connectivity index (χ0) is 19.5. The molecule has 3 aromatic rings. The van der Waals surface area contributed by atoms with Gasteiger partial charge in [0.1, 0.15) is 29.5 Å². The smallest absolute Gasteiger partial charge is 0.164 e. The van der Waals surface area contributed by atoms with Crippen LogP contribution in [0.3, 0.4) is 0 Å². The summed E-state index contributed by atoms with van der Waals surface area (Å²) in [6.07, 6.45) is 5.51. The summed E-state index contributed by atoms with van der Waals surface area (Å²) in [6, 6.07) is 4.71. The number of allylic oxidation sites excluding steroid dienone is 2. The Labute approximate surface area is 165 Å². The summed E-state index contributed by atoms with van der Waals surface area (Å²) < 4.78 is 22.0. The van der Waals surface area contributed by atoms with Gasteiger partial charge in [0.05, 0.1) is 12.0 Å². The Balaban J connectivity index is 1.82. The average molecular weight is 395 g/mol. The topological polar surface area (TPSA) is 57.0 Å². The third-order valence-electron chi connectivity index (χ3n) is 5.57. The van der Waals surface area contributed by atoms with Gasteiger partial charge in [-0.05, 0) is 49.1 Å². The molecule has 0 N–H and O–H groups in total. The van der Waals surface area contributed by atoms with E-state index >= 15 is 0 Å². The Morgan fingerprint density at radius 3 is 2.96 bits per heavy atom. The van der Waals surface area contributed by atoms with E-state index in [4.69, 9.17) is 4.74 Å². The molecule has 5 nitrogen and oxygen atoms in total. The maximum Gasteiger partial charge on any atom is 0.164 e. The highest BCUT2D eigenvalue weighted by atomic mass is 32.1. The predicted molar refractivity (Wildman–Crippen MR) is 103 cm³/mol. The lowest BCUT2D eigenvalue weighted by atomic mass is 9.69. The molecule has 28 heavy (non-hydrogen) atoms. The molecular formula is C21H18FN3O2S. The molecule has 1 atom stereocenters. The molecule has 0 spiro atoms. The lowest BCUT2D eigenvalue weighted by molar-refractivity contribution is -0.110. The van der Waals surface area contributed by atoms with E-state index in [-0.39, 0.29) is 5.82 Å². The number of rotatable bonds is 2. The first kappa shape index (κ1) is 17.5. The monoisotopic (exact) mass is 395 g/mol. The Morgan fingerprint density at radius 1 is 1.29 bits per heavy atom. The molecule has 0 saturated heterocycles. The van der Waals surface area contributed by atoms with Gasteiger partial charge < -0.3 is 9.53 Å². The van der Waals surface area contributed by atoms with Gasteiger partial charge in [0.15, 0.2) is 5.82 Å². The van der Waals surface area contributed by atoms with E-state index in [1.807, 2.05) is 30.6 Å². The van der Waals surface area contributed by atoms with Gasteiger partial charge in [0, 0.05) is 10.4 Å². The molecule has 0 bridgehead atoms. The molecule has 1 aliphatic carbocycles. The fourth-order valence-corrected chi connectivity index (χ4v) is 5.69. The number of aldehydes is 1. The highest BCUT2D eigenvalue weighted by Crippen LogP contribution is 2.46. The maximum absolute atomic E-state index is 14.1. The van der Waals surface area contributed by atoms with Crippen molar-refractivity contribution in [1.82, 2.24) is 14.8 Å². The van der Waals surface area contributed by atoms with E-state index in [9.17, 15) is 9.18 Å². The van der Waals surface area contributed by atoms with E-state index in [1.54, 1.807) is 17.4 Å². The molecule has 1 aliphatic heterocycles. The van der Waals surface area contributed by atoms with Gasteiger partial charge in [-0.1, -0.05) is 18.2 Å². The number of halogens is 1. The van der Waals surface area contributed by atoms with Crippen molar-refractivity contribution in [2.45, 2.75) is 38.9 Å². The third kappa shape index (κ3) is 2.29. The Hall–Kier alpha value is -2.64. The standard InChI is InChI=1S/C21H18FN3O2S/c1-12-19(16-9-27-10-18-24-23-13(2)25(18)20(16)28-12)21(11-26)7-3-4-14-5-6-15(22)8-17(14)21/h3,5-8,11H,4,9-10H2,1-2H3. The second-order valence-corrected chi connectivity index (χ2v) is 8.41. The maximum atomic E-state index is 14.1. The Morgan fingerprint density at radius 2 is 2.14 bits per heavy atom. The molecular weight excluding hydrogens is 377 g/mol. The number of thiophene rings is 1. The van der Waals surface area contributed by atoms with Crippen LogP contribution in [-0.4, -0.2) is 21.1 Å². The molecule has 142 valence electrons. The minimum absolute atomic E-state index is 0.340. The molecule has 1 aromatic carbocycles. The van der Waals surface area contributed by atoms with Crippen LogP contribution in [0.1, 0.15) is 38.8 Å². The van der Waals surface area contributed by atoms with E-state index in [0.29, 0.717) is 25.2 Å². The van der Waals surface area contributed by atoms with Crippen LogP contribution >= 0.6 is 11.3 Å². The number of carbonyl (C=O) groups is 1. The number of aromatic nitrogens is 3. The van der Waals surface area contributed by atoms with Crippen molar-refractivity contribution in [3.8, 4) is 5.00 Å². The lowest BCUT2D eigenvalue weighted by Crippen LogP contribution is -2.32. The summed E-state index contributed by atoms with van der Waals surface area (Å²) >= 11 is 1.59. The van der Waals surface area contributed by atoms with E-state index in [1.165, 1.54) is 12.1 Å². The fraction of sp³-hybridized carbons (Fsp3) is 0.286. The summed E-state index contributed by atoms with van der Waals surface area (Å²) in [5, 5.41) is 9.37. The molecule has 0 amide bonds. The quantitative estimate of drug-likeness (QED) is 0.490. The first-order chi connectivity index (χ1) is 13.5. The molecule has 0 fully saturated rings. The van der Waals surface area contributed by atoms with Crippen molar-refractivity contribution < 1.29 is 13.9 Å².